The van der Waals surface area contributed by atoms with E-state index in [4.69, 9.17) is 26.8 Å². The highest BCUT2D eigenvalue weighted by atomic mass is 35.5. The Balaban J connectivity index is 2.26. The average Bonchev–Trinajstić information content (AvgIpc) is 2.46. The van der Waals surface area contributed by atoms with Crippen LogP contribution in [0.1, 0.15) is 24.1 Å². The van der Waals surface area contributed by atoms with Crippen molar-refractivity contribution in [3.8, 4) is 11.5 Å². The standard InChI is InChI=1S/C16H17ClFNO2/c1-10(19)12-7-6-11(20-2)8-16(12)21-9-13-14(17)4-3-5-15(13)18/h3-8,10H,9,19H2,1-2H3/t10-/m1/s1. The molecule has 2 aromatic carbocycles. The minimum atomic E-state index is -0.396. The van der Waals surface area contributed by atoms with Gasteiger partial charge < -0.3 is 15.2 Å². The van der Waals surface area contributed by atoms with Crippen molar-refractivity contribution in [3.05, 3.63) is 58.4 Å². The lowest BCUT2D eigenvalue weighted by Gasteiger charge is -2.16. The van der Waals surface area contributed by atoms with Gasteiger partial charge in [0, 0.05) is 23.2 Å². The van der Waals surface area contributed by atoms with Gasteiger partial charge in [0.25, 0.3) is 0 Å². The summed E-state index contributed by atoms with van der Waals surface area (Å²) in [7, 11) is 1.57. The van der Waals surface area contributed by atoms with Crippen molar-refractivity contribution in [2.75, 3.05) is 7.11 Å². The largest absolute Gasteiger partial charge is 0.497 e. The average molecular weight is 310 g/mol. The van der Waals surface area contributed by atoms with Crippen LogP contribution in [-0.4, -0.2) is 7.11 Å². The lowest BCUT2D eigenvalue weighted by atomic mass is 10.1. The molecule has 2 aromatic rings. The highest BCUT2D eigenvalue weighted by Gasteiger charge is 2.12. The number of hydrogen-bond donors (Lipinski definition) is 1. The van der Waals surface area contributed by atoms with Crippen molar-refractivity contribution in [1.82, 2.24) is 0 Å². The quantitative estimate of drug-likeness (QED) is 0.905. The van der Waals surface area contributed by atoms with Crippen LogP contribution in [0.4, 0.5) is 4.39 Å². The molecule has 5 heteroatoms. The van der Waals surface area contributed by atoms with Crippen molar-refractivity contribution in [1.29, 1.82) is 0 Å². The first-order valence-corrected chi connectivity index (χ1v) is 6.90. The zero-order valence-electron chi connectivity index (χ0n) is 11.9. The van der Waals surface area contributed by atoms with Crippen LogP contribution in [0, 0.1) is 5.82 Å². The maximum atomic E-state index is 13.7. The smallest absolute Gasteiger partial charge is 0.131 e. The third kappa shape index (κ3) is 3.65. The van der Waals surface area contributed by atoms with Crippen LogP contribution in [0.15, 0.2) is 36.4 Å². The number of benzene rings is 2. The Labute approximate surface area is 128 Å². The fourth-order valence-corrected chi connectivity index (χ4v) is 2.18. The van der Waals surface area contributed by atoms with Gasteiger partial charge in [-0.2, -0.15) is 0 Å². The molecule has 21 heavy (non-hydrogen) atoms. The molecule has 2 rings (SSSR count). The van der Waals surface area contributed by atoms with E-state index in [0.29, 0.717) is 22.1 Å². The van der Waals surface area contributed by atoms with Crippen LogP contribution in [-0.2, 0) is 6.61 Å². The Bertz CT molecular complexity index is 611. The number of halogens is 2. The molecule has 0 aliphatic carbocycles. The Morgan fingerprint density at radius 3 is 2.67 bits per heavy atom. The Morgan fingerprint density at radius 1 is 1.29 bits per heavy atom. The minimum absolute atomic E-state index is 0.0262. The molecule has 0 spiro atoms. The zero-order chi connectivity index (χ0) is 15.4. The first kappa shape index (κ1) is 15.6. The topological polar surface area (TPSA) is 44.5 Å². The molecular formula is C16H17ClFNO2. The summed E-state index contributed by atoms with van der Waals surface area (Å²) in [6, 6.07) is 9.70. The number of hydrogen-bond acceptors (Lipinski definition) is 3. The summed E-state index contributed by atoms with van der Waals surface area (Å²) in [5.41, 5.74) is 7.05. The van der Waals surface area contributed by atoms with Crippen LogP contribution in [0.3, 0.4) is 0 Å². The van der Waals surface area contributed by atoms with Crippen molar-refractivity contribution in [2.24, 2.45) is 5.73 Å². The molecular weight excluding hydrogens is 293 g/mol. The molecule has 0 aliphatic heterocycles. The number of rotatable bonds is 5. The minimum Gasteiger partial charge on any atom is -0.497 e. The van der Waals surface area contributed by atoms with Crippen LogP contribution >= 0.6 is 11.6 Å². The van der Waals surface area contributed by atoms with E-state index in [1.807, 2.05) is 19.1 Å². The second-order valence-electron chi connectivity index (χ2n) is 4.68. The van der Waals surface area contributed by atoms with E-state index in [1.165, 1.54) is 6.07 Å². The Morgan fingerprint density at radius 2 is 2.05 bits per heavy atom. The lowest BCUT2D eigenvalue weighted by molar-refractivity contribution is 0.293. The van der Waals surface area contributed by atoms with Crippen molar-refractivity contribution in [2.45, 2.75) is 19.6 Å². The van der Waals surface area contributed by atoms with Gasteiger partial charge in [0.2, 0.25) is 0 Å². The number of ether oxygens (including phenoxy) is 2. The molecule has 112 valence electrons. The molecule has 0 bridgehead atoms. The van der Waals surface area contributed by atoms with E-state index in [2.05, 4.69) is 0 Å². The maximum Gasteiger partial charge on any atom is 0.131 e. The third-order valence-corrected chi connectivity index (χ3v) is 3.50. The highest BCUT2D eigenvalue weighted by molar-refractivity contribution is 6.31. The van der Waals surface area contributed by atoms with Crippen LogP contribution < -0.4 is 15.2 Å². The SMILES string of the molecule is COc1ccc([C@@H](C)N)c(OCc2c(F)cccc2Cl)c1. The number of methoxy groups -OCH3 is 1. The Kier molecular flexibility index (Phi) is 5.04. The molecule has 1 atom stereocenters. The van der Waals surface area contributed by atoms with Gasteiger partial charge >= 0.3 is 0 Å². The van der Waals surface area contributed by atoms with E-state index < -0.39 is 5.82 Å². The van der Waals surface area contributed by atoms with Gasteiger partial charge in [-0.15, -0.1) is 0 Å². The van der Waals surface area contributed by atoms with Crippen molar-refractivity contribution < 1.29 is 13.9 Å². The fraction of sp³-hybridized carbons (Fsp3) is 0.250. The van der Waals surface area contributed by atoms with Gasteiger partial charge in [-0.1, -0.05) is 23.7 Å². The van der Waals surface area contributed by atoms with E-state index >= 15 is 0 Å². The third-order valence-electron chi connectivity index (χ3n) is 3.14. The van der Waals surface area contributed by atoms with E-state index in [9.17, 15) is 4.39 Å². The van der Waals surface area contributed by atoms with E-state index in [-0.39, 0.29) is 12.6 Å². The monoisotopic (exact) mass is 309 g/mol. The first-order chi connectivity index (χ1) is 10.0. The molecule has 0 unspecified atom stereocenters. The summed E-state index contributed by atoms with van der Waals surface area (Å²) >= 11 is 5.99. The molecule has 0 amide bonds. The van der Waals surface area contributed by atoms with Gasteiger partial charge in [0.1, 0.15) is 23.9 Å². The number of nitrogens with two attached hydrogens (primary N) is 1. The van der Waals surface area contributed by atoms with Crippen molar-refractivity contribution in [3.63, 3.8) is 0 Å². The lowest BCUT2D eigenvalue weighted by Crippen LogP contribution is -2.09. The summed E-state index contributed by atoms with van der Waals surface area (Å²) in [6.45, 7) is 1.88. The molecule has 0 aliphatic rings. The fourth-order valence-electron chi connectivity index (χ4n) is 1.96. The second kappa shape index (κ2) is 6.78. The summed E-state index contributed by atoms with van der Waals surface area (Å²) in [4.78, 5) is 0. The van der Waals surface area contributed by atoms with Crippen LogP contribution in [0.5, 0.6) is 11.5 Å². The maximum absolute atomic E-state index is 13.7. The van der Waals surface area contributed by atoms with Gasteiger partial charge in [0.15, 0.2) is 0 Å². The predicted octanol–water partition coefficient (Wildman–Crippen LogP) is 4.09. The van der Waals surface area contributed by atoms with E-state index in [1.54, 1.807) is 25.3 Å². The molecule has 0 radical (unpaired) electrons. The molecule has 0 saturated heterocycles. The zero-order valence-corrected chi connectivity index (χ0v) is 12.7. The van der Waals surface area contributed by atoms with Crippen molar-refractivity contribution >= 4 is 11.6 Å². The molecule has 0 aromatic heterocycles. The first-order valence-electron chi connectivity index (χ1n) is 6.52. The Hall–Kier alpha value is -1.78. The summed E-state index contributed by atoms with van der Waals surface area (Å²) in [6.07, 6.45) is 0. The van der Waals surface area contributed by atoms with Gasteiger partial charge in [-0.25, -0.2) is 4.39 Å². The van der Waals surface area contributed by atoms with E-state index in [0.717, 1.165) is 5.56 Å². The van der Waals surface area contributed by atoms with Gasteiger partial charge in [-0.05, 0) is 25.1 Å². The normalized spacial score (nSPS) is 12.0. The second-order valence-corrected chi connectivity index (χ2v) is 5.09. The molecule has 3 nitrogen and oxygen atoms in total. The summed E-state index contributed by atoms with van der Waals surface area (Å²) < 4.78 is 24.6. The molecule has 0 fully saturated rings. The van der Waals surface area contributed by atoms with Gasteiger partial charge in [0.05, 0.1) is 12.1 Å². The van der Waals surface area contributed by atoms with Crippen LogP contribution in [0.25, 0.3) is 0 Å². The molecule has 0 saturated carbocycles. The predicted molar refractivity (Wildman–Crippen MR) is 81.3 cm³/mol. The van der Waals surface area contributed by atoms with Gasteiger partial charge in [-0.3, -0.25) is 0 Å². The molecule has 2 N–H and O–H groups in total. The summed E-state index contributed by atoms with van der Waals surface area (Å²) in [5, 5.41) is 0.334. The van der Waals surface area contributed by atoms with Crippen LogP contribution in [0.2, 0.25) is 5.02 Å². The molecule has 0 heterocycles. The summed E-state index contributed by atoms with van der Waals surface area (Å²) in [5.74, 6) is 0.811. The highest BCUT2D eigenvalue weighted by Crippen LogP contribution is 2.30.